The van der Waals surface area contributed by atoms with Crippen LogP contribution >= 0.6 is 0 Å². The number of unbranched alkanes of at least 4 members (excludes halogenated alkanes) is 1. The second-order valence-electron chi connectivity index (χ2n) is 5.42. The largest absolute Gasteiger partial charge is 0.314 e. The normalized spacial score (nSPS) is 17.5. The van der Waals surface area contributed by atoms with Crippen molar-refractivity contribution in [2.75, 3.05) is 19.6 Å². The maximum Gasteiger partial charge on any atom is 0.0233 e. The zero-order chi connectivity index (χ0) is 13.3. The van der Waals surface area contributed by atoms with Crippen molar-refractivity contribution in [1.29, 1.82) is 0 Å². The fourth-order valence-electron chi connectivity index (χ4n) is 2.69. The van der Waals surface area contributed by atoms with E-state index in [0.29, 0.717) is 0 Å². The van der Waals surface area contributed by atoms with Crippen LogP contribution in [0.15, 0.2) is 43.0 Å². The molecular formula is C17H26N2. The summed E-state index contributed by atoms with van der Waals surface area (Å²) >= 11 is 0. The molecule has 0 aliphatic carbocycles. The molecule has 0 unspecified atom stereocenters. The van der Waals surface area contributed by atoms with Crippen LogP contribution in [-0.2, 0) is 6.54 Å². The van der Waals surface area contributed by atoms with Crippen molar-refractivity contribution in [2.24, 2.45) is 0 Å². The van der Waals surface area contributed by atoms with E-state index < -0.39 is 0 Å². The number of rotatable bonds is 7. The van der Waals surface area contributed by atoms with Crippen molar-refractivity contribution >= 4 is 0 Å². The van der Waals surface area contributed by atoms with Crippen LogP contribution in [0.1, 0.15) is 31.2 Å². The lowest BCUT2D eigenvalue weighted by Gasteiger charge is -2.32. The predicted octanol–water partition coefficient (Wildman–Crippen LogP) is 3.21. The Morgan fingerprint density at radius 2 is 1.95 bits per heavy atom. The Bertz CT molecular complexity index is 353. The molecule has 2 rings (SSSR count). The van der Waals surface area contributed by atoms with Crippen LogP contribution in [-0.4, -0.2) is 30.6 Å². The number of benzene rings is 1. The van der Waals surface area contributed by atoms with Gasteiger partial charge in [0, 0.05) is 12.6 Å². The Morgan fingerprint density at radius 3 is 2.63 bits per heavy atom. The smallest absolute Gasteiger partial charge is 0.0233 e. The van der Waals surface area contributed by atoms with Crippen molar-refractivity contribution in [3.63, 3.8) is 0 Å². The summed E-state index contributed by atoms with van der Waals surface area (Å²) in [4.78, 5) is 2.57. The summed E-state index contributed by atoms with van der Waals surface area (Å²) < 4.78 is 0. The van der Waals surface area contributed by atoms with E-state index in [2.05, 4.69) is 47.1 Å². The first-order valence-electron chi connectivity index (χ1n) is 7.49. The van der Waals surface area contributed by atoms with E-state index >= 15 is 0 Å². The Kier molecular flexibility index (Phi) is 6.12. The summed E-state index contributed by atoms with van der Waals surface area (Å²) in [5, 5.41) is 3.67. The van der Waals surface area contributed by atoms with E-state index in [1.165, 1.54) is 37.9 Å². The van der Waals surface area contributed by atoms with Crippen molar-refractivity contribution in [1.82, 2.24) is 10.2 Å². The van der Waals surface area contributed by atoms with E-state index in [1.54, 1.807) is 0 Å². The zero-order valence-electron chi connectivity index (χ0n) is 11.9. The van der Waals surface area contributed by atoms with Crippen LogP contribution in [0.4, 0.5) is 0 Å². The van der Waals surface area contributed by atoms with Crippen molar-refractivity contribution in [2.45, 2.75) is 38.3 Å². The first-order chi connectivity index (χ1) is 9.38. The van der Waals surface area contributed by atoms with E-state index in [-0.39, 0.29) is 0 Å². The standard InChI is InChI=1S/C17H26N2/c1-2-3-7-12-18-17-10-13-19(14-11-17)15-16-8-5-4-6-9-16/h2,4-6,8-9,17-18H,1,3,7,10-15H2. The van der Waals surface area contributed by atoms with Gasteiger partial charge in [0.25, 0.3) is 0 Å². The lowest BCUT2D eigenvalue weighted by molar-refractivity contribution is 0.190. The molecule has 0 amide bonds. The quantitative estimate of drug-likeness (QED) is 0.597. The second kappa shape index (κ2) is 8.13. The lowest BCUT2D eigenvalue weighted by Crippen LogP contribution is -2.42. The molecule has 0 saturated carbocycles. The van der Waals surface area contributed by atoms with Gasteiger partial charge in [-0.25, -0.2) is 0 Å². The molecule has 1 aliphatic rings. The molecular weight excluding hydrogens is 232 g/mol. The highest BCUT2D eigenvalue weighted by Crippen LogP contribution is 2.13. The highest BCUT2D eigenvalue weighted by Gasteiger charge is 2.18. The molecule has 0 atom stereocenters. The predicted molar refractivity (Wildman–Crippen MR) is 82.2 cm³/mol. The number of piperidine rings is 1. The highest BCUT2D eigenvalue weighted by molar-refractivity contribution is 5.14. The Morgan fingerprint density at radius 1 is 1.21 bits per heavy atom. The molecule has 1 aromatic carbocycles. The molecule has 1 fully saturated rings. The average molecular weight is 258 g/mol. The van der Waals surface area contributed by atoms with Crippen LogP contribution < -0.4 is 5.32 Å². The maximum atomic E-state index is 3.76. The molecule has 0 radical (unpaired) electrons. The molecule has 2 heteroatoms. The van der Waals surface area contributed by atoms with E-state index in [4.69, 9.17) is 0 Å². The summed E-state index contributed by atoms with van der Waals surface area (Å²) in [6, 6.07) is 11.5. The number of likely N-dealkylation sites (tertiary alicyclic amines) is 1. The van der Waals surface area contributed by atoms with Crippen LogP contribution in [0.2, 0.25) is 0 Å². The third kappa shape index (κ3) is 5.17. The molecule has 1 aromatic rings. The fourth-order valence-corrected chi connectivity index (χ4v) is 2.69. The monoisotopic (exact) mass is 258 g/mol. The number of allylic oxidation sites excluding steroid dienone is 1. The van der Waals surface area contributed by atoms with Gasteiger partial charge in [-0.15, -0.1) is 6.58 Å². The minimum Gasteiger partial charge on any atom is -0.314 e. The van der Waals surface area contributed by atoms with Gasteiger partial charge in [0.15, 0.2) is 0 Å². The van der Waals surface area contributed by atoms with Crippen LogP contribution in [0.5, 0.6) is 0 Å². The van der Waals surface area contributed by atoms with Crippen molar-refractivity contribution in [3.8, 4) is 0 Å². The number of nitrogens with zero attached hydrogens (tertiary/aromatic N) is 1. The average Bonchev–Trinajstić information content (AvgIpc) is 2.46. The van der Waals surface area contributed by atoms with E-state index in [1.807, 2.05) is 6.08 Å². The highest BCUT2D eigenvalue weighted by atomic mass is 15.1. The SMILES string of the molecule is C=CCCCNC1CCN(Cc2ccccc2)CC1. The van der Waals surface area contributed by atoms with E-state index in [0.717, 1.165) is 25.6 Å². The van der Waals surface area contributed by atoms with Gasteiger partial charge < -0.3 is 5.32 Å². The van der Waals surface area contributed by atoms with Crippen LogP contribution in [0.25, 0.3) is 0 Å². The Balaban J connectivity index is 1.64. The molecule has 2 nitrogen and oxygen atoms in total. The van der Waals surface area contributed by atoms with Gasteiger partial charge in [0.2, 0.25) is 0 Å². The summed E-state index contributed by atoms with van der Waals surface area (Å²) in [5.41, 5.74) is 1.43. The van der Waals surface area contributed by atoms with Gasteiger partial charge in [0.1, 0.15) is 0 Å². The van der Waals surface area contributed by atoms with Crippen molar-refractivity contribution < 1.29 is 0 Å². The topological polar surface area (TPSA) is 15.3 Å². The first kappa shape index (κ1) is 14.3. The number of hydrogen-bond acceptors (Lipinski definition) is 2. The van der Waals surface area contributed by atoms with Gasteiger partial charge in [-0.1, -0.05) is 36.4 Å². The molecule has 1 saturated heterocycles. The van der Waals surface area contributed by atoms with Crippen LogP contribution in [0, 0.1) is 0 Å². The summed E-state index contributed by atoms with van der Waals surface area (Å²) in [6.07, 6.45) is 6.90. The zero-order valence-corrected chi connectivity index (χ0v) is 11.9. The lowest BCUT2D eigenvalue weighted by atomic mass is 10.0. The molecule has 104 valence electrons. The minimum atomic E-state index is 0.719. The van der Waals surface area contributed by atoms with Gasteiger partial charge in [0.05, 0.1) is 0 Å². The summed E-state index contributed by atoms with van der Waals surface area (Å²) in [7, 11) is 0. The second-order valence-corrected chi connectivity index (χ2v) is 5.42. The third-order valence-corrected chi connectivity index (χ3v) is 3.85. The number of nitrogens with one attached hydrogen (secondary N) is 1. The molecule has 0 aromatic heterocycles. The van der Waals surface area contributed by atoms with Gasteiger partial charge in [-0.05, 0) is 50.9 Å². The minimum absolute atomic E-state index is 0.719. The molecule has 19 heavy (non-hydrogen) atoms. The molecule has 1 aliphatic heterocycles. The Hall–Kier alpha value is -1.12. The maximum absolute atomic E-state index is 3.76. The molecule has 1 N–H and O–H groups in total. The summed E-state index contributed by atoms with van der Waals surface area (Å²) in [6.45, 7) is 8.43. The number of hydrogen-bond donors (Lipinski definition) is 1. The summed E-state index contributed by atoms with van der Waals surface area (Å²) in [5.74, 6) is 0. The van der Waals surface area contributed by atoms with E-state index in [9.17, 15) is 0 Å². The molecule has 1 heterocycles. The Labute approximate surface area is 117 Å². The molecule has 0 spiro atoms. The van der Waals surface area contributed by atoms with Gasteiger partial charge in [-0.2, -0.15) is 0 Å². The fraction of sp³-hybridized carbons (Fsp3) is 0.529. The van der Waals surface area contributed by atoms with Gasteiger partial charge in [-0.3, -0.25) is 4.90 Å². The van der Waals surface area contributed by atoms with Gasteiger partial charge >= 0.3 is 0 Å². The van der Waals surface area contributed by atoms with Crippen LogP contribution in [0.3, 0.4) is 0 Å². The molecule has 0 bridgehead atoms. The third-order valence-electron chi connectivity index (χ3n) is 3.85. The van der Waals surface area contributed by atoms with Crippen molar-refractivity contribution in [3.05, 3.63) is 48.6 Å². The first-order valence-corrected chi connectivity index (χ1v) is 7.49.